The van der Waals surface area contributed by atoms with Crippen molar-refractivity contribution in [2.24, 2.45) is 0 Å². The predicted molar refractivity (Wildman–Crippen MR) is 67.5 cm³/mol. The lowest BCUT2D eigenvalue weighted by Gasteiger charge is -2.04. The number of nitrogens with one attached hydrogen (secondary N) is 1. The van der Waals surface area contributed by atoms with Crippen LogP contribution in [0.25, 0.3) is 0 Å². The Morgan fingerprint density at radius 2 is 2.19 bits per heavy atom. The van der Waals surface area contributed by atoms with Crippen molar-refractivity contribution in [3.63, 3.8) is 0 Å². The van der Waals surface area contributed by atoms with Gasteiger partial charge in [0.25, 0.3) is 0 Å². The molecule has 1 aromatic heterocycles. The third kappa shape index (κ3) is 5.33. The van der Waals surface area contributed by atoms with E-state index in [-0.39, 0.29) is 0 Å². The Bertz CT molecular complexity index is 271. The molecular formula is C13H24N2O. The van der Waals surface area contributed by atoms with Crippen molar-refractivity contribution in [3.8, 4) is 0 Å². The summed E-state index contributed by atoms with van der Waals surface area (Å²) in [5.74, 6) is 0. The minimum atomic E-state index is 0.814. The molecule has 0 amide bonds. The van der Waals surface area contributed by atoms with Crippen molar-refractivity contribution in [1.82, 2.24) is 9.88 Å². The van der Waals surface area contributed by atoms with E-state index in [0.29, 0.717) is 0 Å². The fourth-order valence-electron chi connectivity index (χ4n) is 1.52. The third-order valence-corrected chi connectivity index (χ3v) is 2.57. The fourth-order valence-corrected chi connectivity index (χ4v) is 1.52. The van der Waals surface area contributed by atoms with Gasteiger partial charge in [0.1, 0.15) is 0 Å². The van der Waals surface area contributed by atoms with Gasteiger partial charge in [-0.1, -0.05) is 13.3 Å². The molecule has 0 saturated carbocycles. The lowest BCUT2D eigenvalue weighted by molar-refractivity contribution is 0.133. The maximum Gasteiger partial charge on any atom is 0.0591 e. The van der Waals surface area contributed by atoms with Gasteiger partial charge in [-0.15, -0.1) is 0 Å². The van der Waals surface area contributed by atoms with Crippen LogP contribution >= 0.6 is 0 Å². The van der Waals surface area contributed by atoms with E-state index in [1.165, 1.54) is 18.4 Å². The van der Waals surface area contributed by atoms with E-state index in [1.54, 1.807) is 0 Å². The molecule has 0 bridgehead atoms. The van der Waals surface area contributed by atoms with E-state index in [1.807, 2.05) is 0 Å². The molecule has 0 saturated heterocycles. The largest absolute Gasteiger partial charge is 0.380 e. The van der Waals surface area contributed by atoms with Crippen molar-refractivity contribution < 1.29 is 4.74 Å². The van der Waals surface area contributed by atoms with Gasteiger partial charge in [0, 0.05) is 38.6 Å². The summed E-state index contributed by atoms with van der Waals surface area (Å²) < 4.78 is 7.66. The van der Waals surface area contributed by atoms with Crippen LogP contribution in [0.4, 0.5) is 0 Å². The summed E-state index contributed by atoms with van der Waals surface area (Å²) in [5.41, 5.74) is 1.34. The summed E-state index contributed by atoms with van der Waals surface area (Å²) >= 11 is 0. The van der Waals surface area contributed by atoms with Crippen molar-refractivity contribution in [2.45, 2.75) is 39.8 Å². The van der Waals surface area contributed by atoms with Crippen LogP contribution in [0.5, 0.6) is 0 Å². The molecule has 0 spiro atoms. The lowest BCUT2D eigenvalue weighted by Crippen LogP contribution is -2.19. The fraction of sp³-hybridized carbons (Fsp3) is 0.692. The highest BCUT2D eigenvalue weighted by Gasteiger charge is 1.95. The Kier molecular flexibility index (Phi) is 6.93. The van der Waals surface area contributed by atoms with Gasteiger partial charge in [-0.2, -0.15) is 0 Å². The first-order chi connectivity index (χ1) is 7.86. The van der Waals surface area contributed by atoms with Crippen molar-refractivity contribution in [2.75, 3.05) is 19.8 Å². The molecule has 0 aliphatic heterocycles. The molecule has 0 unspecified atom stereocenters. The zero-order valence-corrected chi connectivity index (χ0v) is 10.5. The summed E-state index contributed by atoms with van der Waals surface area (Å²) in [4.78, 5) is 0. The Balaban J connectivity index is 1.98. The normalized spacial score (nSPS) is 10.9. The highest BCUT2D eigenvalue weighted by Crippen LogP contribution is 2.00. The van der Waals surface area contributed by atoms with Gasteiger partial charge in [0.15, 0.2) is 0 Å². The van der Waals surface area contributed by atoms with E-state index < -0.39 is 0 Å². The standard InChI is InChI=1S/C13H24N2O/c1-3-5-9-16-10-7-14-11-13-6-8-15(4-2)12-13/h6,8,12,14H,3-5,7,9-11H2,1-2H3. The minimum Gasteiger partial charge on any atom is -0.380 e. The van der Waals surface area contributed by atoms with Gasteiger partial charge < -0.3 is 14.6 Å². The number of hydrogen-bond acceptors (Lipinski definition) is 2. The molecule has 0 aliphatic rings. The molecule has 3 nitrogen and oxygen atoms in total. The predicted octanol–water partition coefficient (Wildman–Crippen LogP) is 2.41. The van der Waals surface area contributed by atoms with Gasteiger partial charge in [-0.3, -0.25) is 0 Å². The summed E-state index contributed by atoms with van der Waals surface area (Å²) in [6.07, 6.45) is 6.68. The first kappa shape index (κ1) is 13.3. The lowest BCUT2D eigenvalue weighted by atomic mass is 10.3. The Morgan fingerprint density at radius 3 is 2.88 bits per heavy atom. The maximum atomic E-state index is 5.47. The van der Waals surface area contributed by atoms with Crippen LogP contribution < -0.4 is 5.32 Å². The Labute approximate surface area is 98.8 Å². The van der Waals surface area contributed by atoms with Crippen LogP contribution in [0.1, 0.15) is 32.3 Å². The highest BCUT2D eigenvalue weighted by atomic mass is 16.5. The zero-order chi connectivity index (χ0) is 11.6. The smallest absolute Gasteiger partial charge is 0.0591 e. The van der Waals surface area contributed by atoms with E-state index in [0.717, 1.165) is 32.8 Å². The summed E-state index contributed by atoms with van der Waals surface area (Å²) in [6, 6.07) is 2.16. The number of nitrogens with zero attached hydrogens (tertiary/aromatic N) is 1. The first-order valence-corrected chi connectivity index (χ1v) is 6.30. The van der Waals surface area contributed by atoms with E-state index >= 15 is 0 Å². The first-order valence-electron chi connectivity index (χ1n) is 6.30. The van der Waals surface area contributed by atoms with Crippen molar-refractivity contribution in [3.05, 3.63) is 24.0 Å². The van der Waals surface area contributed by atoms with Gasteiger partial charge in [0.2, 0.25) is 0 Å². The number of aromatic nitrogens is 1. The number of hydrogen-bond donors (Lipinski definition) is 1. The van der Waals surface area contributed by atoms with E-state index in [9.17, 15) is 0 Å². The highest BCUT2D eigenvalue weighted by molar-refractivity contribution is 5.09. The van der Waals surface area contributed by atoms with Crippen LogP contribution in [0, 0.1) is 0 Å². The monoisotopic (exact) mass is 224 g/mol. The molecule has 3 heteroatoms. The molecule has 1 aromatic rings. The van der Waals surface area contributed by atoms with Gasteiger partial charge >= 0.3 is 0 Å². The summed E-state index contributed by atoms with van der Waals surface area (Å²) in [7, 11) is 0. The van der Waals surface area contributed by atoms with Crippen LogP contribution in [0.15, 0.2) is 18.5 Å². The summed E-state index contributed by atoms with van der Waals surface area (Å²) in [5, 5.41) is 3.38. The average molecular weight is 224 g/mol. The molecule has 0 fully saturated rings. The van der Waals surface area contributed by atoms with Crippen LogP contribution in [-0.2, 0) is 17.8 Å². The topological polar surface area (TPSA) is 26.2 Å². The van der Waals surface area contributed by atoms with Crippen LogP contribution in [0.2, 0.25) is 0 Å². The van der Waals surface area contributed by atoms with Crippen LogP contribution in [-0.4, -0.2) is 24.3 Å². The molecule has 92 valence electrons. The van der Waals surface area contributed by atoms with Crippen molar-refractivity contribution >= 4 is 0 Å². The van der Waals surface area contributed by atoms with Crippen molar-refractivity contribution in [1.29, 1.82) is 0 Å². The molecule has 16 heavy (non-hydrogen) atoms. The van der Waals surface area contributed by atoms with Gasteiger partial charge in [-0.25, -0.2) is 0 Å². The molecule has 0 radical (unpaired) electrons. The second kappa shape index (κ2) is 8.36. The summed E-state index contributed by atoms with van der Waals surface area (Å²) in [6.45, 7) is 8.95. The van der Waals surface area contributed by atoms with E-state index in [2.05, 4.69) is 42.2 Å². The van der Waals surface area contributed by atoms with Gasteiger partial charge in [0.05, 0.1) is 6.61 Å². The molecule has 1 heterocycles. The molecule has 0 atom stereocenters. The molecule has 0 aromatic carbocycles. The Hall–Kier alpha value is -0.800. The van der Waals surface area contributed by atoms with Crippen LogP contribution in [0.3, 0.4) is 0 Å². The second-order valence-electron chi connectivity index (χ2n) is 3.99. The second-order valence-corrected chi connectivity index (χ2v) is 3.99. The maximum absolute atomic E-state index is 5.47. The number of unbranched alkanes of at least 4 members (excludes halogenated alkanes) is 1. The van der Waals surface area contributed by atoms with E-state index in [4.69, 9.17) is 4.74 Å². The minimum absolute atomic E-state index is 0.814. The molecule has 0 aliphatic carbocycles. The SMILES string of the molecule is CCCCOCCNCc1ccn(CC)c1. The number of ether oxygens (including phenoxy) is 1. The molecular weight excluding hydrogens is 200 g/mol. The molecule has 1 rings (SSSR count). The zero-order valence-electron chi connectivity index (χ0n) is 10.5. The quantitative estimate of drug-likeness (QED) is 0.652. The van der Waals surface area contributed by atoms with Gasteiger partial charge in [-0.05, 0) is 25.0 Å². The molecule has 1 N–H and O–H groups in total. The number of aryl methyl sites for hydroxylation is 1. The third-order valence-electron chi connectivity index (χ3n) is 2.57. The number of rotatable bonds is 9. The average Bonchev–Trinajstić information content (AvgIpc) is 2.76. The Morgan fingerprint density at radius 1 is 1.31 bits per heavy atom.